The van der Waals surface area contributed by atoms with Crippen molar-refractivity contribution >= 4 is 21.9 Å². The van der Waals surface area contributed by atoms with Crippen LogP contribution in [0.4, 0.5) is 0 Å². The van der Waals surface area contributed by atoms with Crippen LogP contribution >= 0.6 is 15.9 Å². The van der Waals surface area contributed by atoms with Gasteiger partial charge in [-0.25, -0.2) is 0 Å². The highest BCUT2D eigenvalue weighted by Gasteiger charge is 2.13. The first-order chi connectivity index (χ1) is 8.13. The molecule has 0 aromatic heterocycles. The second kappa shape index (κ2) is 6.38. The van der Waals surface area contributed by atoms with Gasteiger partial charge >= 0.3 is 5.97 Å². The fourth-order valence-corrected chi connectivity index (χ4v) is 2.01. The molecule has 4 nitrogen and oxygen atoms in total. The molecule has 0 aliphatic heterocycles. The summed E-state index contributed by atoms with van der Waals surface area (Å²) in [4.78, 5) is 11.4. The summed E-state index contributed by atoms with van der Waals surface area (Å²) in [6, 6.07) is 5.61. The summed E-state index contributed by atoms with van der Waals surface area (Å²) in [5, 5.41) is 9.04. The standard InChI is InChI=1S/C12H13BrN2O2/c1-2-17-12(16)5-8-3-4-11(13)10(7-15)9(8)6-14/h3-4H,2,5-6,14H2,1H3. The number of hydrogen-bond acceptors (Lipinski definition) is 4. The second-order valence-corrected chi connectivity index (χ2v) is 4.21. The Hall–Kier alpha value is -1.38. The minimum absolute atomic E-state index is 0.141. The third-order valence-corrected chi connectivity index (χ3v) is 2.98. The summed E-state index contributed by atoms with van der Waals surface area (Å²) in [5.74, 6) is -0.312. The molecule has 0 saturated carbocycles. The molecule has 0 radical (unpaired) electrons. The lowest BCUT2D eigenvalue weighted by Crippen LogP contribution is -2.12. The molecule has 0 heterocycles. The zero-order valence-electron chi connectivity index (χ0n) is 9.50. The monoisotopic (exact) mass is 296 g/mol. The van der Waals surface area contributed by atoms with Gasteiger partial charge in [-0.2, -0.15) is 5.26 Å². The van der Waals surface area contributed by atoms with Gasteiger partial charge in [0.1, 0.15) is 6.07 Å². The number of benzene rings is 1. The van der Waals surface area contributed by atoms with Crippen molar-refractivity contribution in [1.29, 1.82) is 5.26 Å². The minimum Gasteiger partial charge on any atom is -0.466 e. The van der Waals surface area contributed by atoms with Gasteiger partial charge < -0.3 is 10.5 Å². The van der Waals surface area contributed by atoms with Crippen LogP contribution in [0, 0.1) is 11.3 Å². The van der Waals surface area contributed by atoms with Crippen LogP contribution in [0.2, 0.25) is 0 Å². The lowest BCUT2D eigenvalue weighted by atomic mass is 9.99. The molecule has 5 heteroatoms. The zero-order valence-corrected chi connectivity index (χ0v) is 11.1. The van der Waals surface area contributed by atoms with Gasteiger partial charge in [-0.15, -0.1) is 0 Å². The minimum atomic E-state index is -0.312. The Morgan fingerprint density at radius 1 is 1.59 bits per heavy atom. The van der Waals surface area contributed by atoms with Crippen molar-refractivity contribution in [3.63, 3.8) is 0 Å². The van der Waals surface area contributed by atoms with Crippen LogP contribution in [-0.4, -0.2) is 12.6 Å². The Balaban J connectivity index is 3.09. The van der Waals surface area contributed by atoms with Crippen molar-refractivity contribution < 1.29 is 9.53 Å². The van der Waals surface area contributed by atoms with Crippen molar-refractivity contribution in [3.8, 4) is 6.07 Å². The van der Waals surface area contributed by atoms with Gasteiger partial charge in [-0.3, -0.25) is 4.79 Å². The molecular formula is C12H13BrN2O2. The quantitative estimate of drug-likeness (QED) is 0.861. The van der Waals surface area contributed by atoms with E-state index in [-0.39, 0.29) is 18.9 Å². The van der Waals surface area contributed by atoms with Crippen LogP contribution in [0.15, 0.2) is 16.6 Å². The lowest BCUT2D eigenvalue weighted by molar-refractivity contribution is -0.142. The van der Waals surface area contributed by atoms with E-state index in [9.17, 15) is 4.79 Å². The van der Waals surface area contributed by atoms with E-state index in [0.717, 1.165) is 5.56 Å². The Morgan fingerprint density at radius 2 is 2.29 bits per heavy atom. The van der Waals surface area contributed by atoms with E-state index in [4.69, 9.17) is 15.7 Å². The largest absolute Gasteiger partial charge is 0.466 e. The molecule has 0 saturated heterocycles. The number of rotatable bonds is 4. The maximum Gasteiger partial charge on any atom is 0.310 e. The highest BCUT2D eigenvalue weighted by atomic mass is 79.9. The molecule has 2 N–H and O–H groups in total. The lowest BCUT2D eigenvalue weighted by Gasteiger charge is -2.10. The van der Waals surface area contributed by atoms with E-state index in [1.54, 1.807) is 19.1 Å². The number of carbonyl (C=O) groups is 1. The Labute approximate surface area is 108 Å². The highest BCUT2D eigenvalue weighted by Crippen LogP contribution is 2.23. The van der Waals surface area contributed by atoms with E-state index in [1.165, 1.54) is 0 Å². The molecule has 1 aromatic carbocycles. The first kappa shape index (κ1) is 13.7. The molecule has 1 aromatic rings. The average molecular weight is 297 g/mol. The molecule has 1 rings (SSSR count). The molecule has 0 atom stereocenters. The Morgan fingerprint density at radius 3 is 2.82 bits per heavy atom. The van der Waals surface area contributed by atoms with Crippen molar-refractivity contribution in [3.05, 3.63) is 33.3 Å². The number of nitrogens with two attached hydrogens (primary N) is 1. The summed E-state index contributed by atoms with van der Waals surface area (Å²) in [6.07, 6.45) is 0.141. The second-order valence-electron chi connectivity index (χ2n) is 3.36. The van der Waals surface area contributed by atoms with Crippen LogP contribution in [0.25, 0.3) is 0 Å². The maximum atomic E-state index is 11.4. The van der Waals surface area contributed by atoms with Gasteiger partial charge in [-0.1, -0.05) is 6.07 Å². The third-order valence-electron chi connectivity index (χ3n) is 2.32. The number of hydrogen-bond donors (Lipinski definition) is 1. The van der Waals surface area contributed by atoms with E-state index in [1.807, 2.05) is 0 Å². The van der Waals surface area contributed by atoms with Gasteiger partial charge in [0, 0.05) is 11.0 Å². The van der Waals surface area contributed by atoms with Crippen LogP contribution in [-0.2, 0) is 22.5 Å². The van der Waals surface area contributed by atoms with Gasteiger partial charge in [0.15, 0.2) is 0 Å². The predicted molar refractivity (Wildman–Crippen MR) is 67.1 cm³/mol. The van der Waals surface area contributed by atoms with E-state index < -0.39 is 0 Å². The van der Waals surface area contributed by atoms with Crippen LogP contribution in [0.5, 0.6) is 0 Å². The molecular weight excluding hydrogens is 284 g/mol. The summed E-state index contributed by atoms with van der Waals surface area (Å²) >= 11 is 3.28. The topological polar surface area (TPSA) is 76.1 Å². The number of halogens is 1. The van der Waals surface area contributed by atoms with Gasteiger partial charge in [0.2, 0.25) is 0 Å². The molecule has 0 aliphatic carbocycles. The zero-order chi connectivity index (χ0) is 12.8. The normalized spacial score (nSPS) is 9.76. The van der Waals surface area contributed by atoms with Gasteiger partial charge in [-0.05, 0) is 40.0 Å². The number of esters is 1. The summed E-state index contributed by atoms with van der Waals surface area (Å²) < 4.78 is 5.56. The van der Waals surface area contributed by atoms with Gasteiger partial charge in [0.05, 0.1) is 18.6 Å². The maximum absolute atomic E-state index is 11.4. The van der Waals surface area contributed by atoms with Crippen LogP contribution in [0.3, 0.4) is 0 Å². The molecule has 17 heavy (non-hydrogen) atoms. The molecule has 0 fully saturated rings. The van der Waals surface area contributed by atoms with E-state index >= 15 is 0 Å². The average Bonchev–Trinajstić information content (AvgIpc) is 2.31. The summed E-state index contributed by atoms with van der Waals surface area (Å²) in [7, 11) is 0. The summed E-state index contributed by atoms with van der Waals surface area (Å²) in [6.45, 7) is 2.32. The van der Waals surface area contributed by atoms with Crippen molar-refractivity contribution in [2.45, 2.75) is 19.9 Å². The van der Waals surface area contributed by atoms with Crippen LogP contribution in [0.1, 0.15) is 23.6 Å². The SMILES string of the molecule is CCOC(=O)Cc1ccc(Br)c(C#N)c1CN. The smallest absolute Gasteiger partial charge is 0.310 e. The number of ether oxygens (including phenoxy) is 1. The summed E-state index contributed by atoms with van der Waals surface area (Å²) in [5.41, 5.74) is 7.53. The number of carbonyl (C=O) groups excluding carboxylic acids is 1. The Kier molecular flexibility index (Phi) is 5.13. The number of nitriles is 1. The first-order valence-electron chi connectivity index (χ1n) is 5.20. The highest BCUT2D eigenvalue weighted by molar-refractivity contribution is 9.10. The van der Waals surface area contributed by atoms with Crippen LogP contribution < -0.4 is 5.73 Å². The van der Waals surface area contributed by atoms with Crippen molar-refractivity contribution in [2.24, 2.45) is 5.73 Å². The van der Waals surface area contributed by atoms with Crippen molar-refractivity contribution in [2.75, 3.05) is 6.61 Å². The Bertz CT molecular complexity index is 466. The van der Waals surface area contributed by atoms with Gasteiger partial charge in [0.25, 0.3) is 0 Å². The molecule has 0 spiro atoms. The molecule has 90 valence electrons. The number of nitrogens with zero attached hydrogens (tertiary/aromatic N) is 1. The molecule has 0 unspecified atom stereocenters. The molecule has 0 amide bonds. The predicted octanol–water partition coefficient (Wildman–Crippen LogP) is 1.89. The first-order valence-corrected chi connectivity index (χ1v) is 5.99. The fraction of sp³-hybridized carbons (Fsp3) is 0.333. The van der Waals surface area contributed by atoms with E-state index in [2.05, 4.69) is 22.0 Å². The van der Waals surface area contributed by atoms with E-state index in [0.29, 0.717) is 22.2 Å². The fourth-order valence-electron chi connectivity index (χ4n) is 1.55. The third kappa shape index (κ3) is 3.29. The molecule has 0 aliphatic rings. The molecule has 0 bridgehead atoms. The van der Waals surface area contributed by atoms with Crippen molar-refractivity contribution in [1.82, 2.24) is 0 Å².